The number of aldehydes is 1. The van der Waals surface area contributed by atoms with Crippen LogP contribution in [0.15, 0.2) is 30.3 Å². The normalized spacial score (nSPS) is 20.4. The molecule has 1 heterocycles. The molecule has 0 saturated carbocycles. The highest BCUT2D eigenvalue weighted by molar-refractivity contribution is 6.27. The molecule has 0 spiro atoms. The van der Waals surface area contributed by atoms with Crippen LogP contribution in [0.1, 0.15) is 5.56 Å². The minimum absolute atomic E-state index is 0.326. The highest BCUT2D eigenvalue weighted by Gasteiger charge is 2.30. The molecule has 1 atom stereocenters. The zero-order valence-corrected chi connectivity index (χ0v) is 9.54. The van der Waals surface area contributed by atoms with Crippen LogP contribution in [0.3, 0.4) is 0 Å². The number of nitrogens with zero attached hydrogens (tertiary/aromatic N) is 1. The molecule has 0 aliphatic carbocycles. The van der Waals surface area contributed by atoms with Crippen molar-refractivity contribution in [2.24, 2.45) is 0 Å². The number of carbonyl (C=O) groups excluding carboxylic acids is 2. The van der Waals surface area contributed by atoms with Gasteiger partial charge in [-0.2, -0.15) is 0 Å². The molecule has 90 valence electrons. The molecule has 0 aromatic heterocycles. The quantitative estimate of drug-likeness (QED) is 0.553. The number of Topliss-reactive ketones (excluding diaryl/α,β-unsaturated/α-hetero) is 1. The molecule has 17 heavy (non-hydrogen) atoms. The number of rotatable bonds is 5. The molecule has 1 saturated heterocycles. The summed E-state index contributed by atoms with van der Waals surface area (Å²) in [6.07, 6.45) is 1.24. The fraction of sp³-hybridized carbons (Fsp3) is 0.385. The number of hydrogen-bond donors (Lipinski definition) is 0. The number of benzene rings is 1. The zero-order chi connectivity index (χ0) is 12.1. The van der Waals surface area contributed by atoms with Crippen molar-refractivity contribution in [2.45, 2.75) is 12.5 Å². The van der Waals surface area contributed by atoms with Crippen LogP contribution < -0.4 is 0 Å². The molecule has 1 aliphatic rings. The molecule has 4 nitrogen and oxygen atoms in total. The van der Waals surface area contributed by atoms with Crippen LogP contribution in [-0.4, -0.2) is 42.9 Å². The summed E-state index contributed by atoms with van der Waals surface area (Å²) >= 11 is 0. The van der Waals surface area contributed by atoms with E-state index in [1.165, 1.54) is 5.56 Å². The Hall–Kier alpha value is -1.52. The fourth-order valence-electron chi connectivity index (χ4n) is 1.96. The van der Waals surface area contributed by atoms with Crippen molar-refractivity contribution in [1.82, 2.24) is 4.90 Å². The van der Waals surface area contributed by atoms with E-state index >= 15 is 0 Å². The first-order valence-corrected chi connectivity index (χ1v) is 5.66. The second kappa shape index (κ2) is 5.70. The van der Waals surface area contributed by atoms with Crippen LogP contribution >= 0.6 is 0 Å². The van der Waals surface area contributed by atoms with Gasteiger partial charge in [0.25, 0.3) is 0 Å². The van der Waals surface area contributed by atoms with Gasteiger partial charge in [0.2, 0.25) is 5.78 Å². The summed E-state index contributed by atoms with van der Waals surface area (Å²) in [5.74, 6) is -0.393. The standard InChI is InChI=1S/C13H15NO3/c15-8-13(16)12-9-17-10-14(12)7-6-11-4-2-1-3-5-11/h1-5,8,12H,6-7,9-10H2. The molecule has 1 unspecified atom stereocenters. The Bertz CT molecular complexity index is 391. The molecule has 0 N–H and O–H groups in total. The number of ketones is 1. The third-order valence-corrected chi connectivity index (χ3v) is 2.95. The van der Waals surface area contributed by atoms with E-state index in [9.17, 15) is 9.59 Å². The summed E-state index contributed by atoms with van der Waals surface area (Å²) in [5.41, 5.74) is 1.22. The highest BCUT2D eigenvalue weighted by atomic mass is 16.5. The minimum Gasteiger partial charge on any atom is -0.364 e. The fourth-order valence-corrected chi connectivity index (χ4v) is 1.96. The summed E-state index contributed by atoms with van der Waals surface area (Å²) < 4.78 is 5.23. The minimum atomic E-state index is -0.393. The summed E-state index contributed by atoms with van der Waals surface area (Å²) in [5, 5.41) is 0. The lowest BCUT2D eigenvalue weighted by Gasteiger charge is -2.19. The maximum absolute atomic E-state index is 11.3. The van der Waals surface area contributed by atoms with Gasteiger partial charge in [0, 0.05) is 6.54 Å². The summed E-state index contributed by atoms with van der Waals surface area (Å²) in [7, 11) is 0. The van der Waals surface area contributed by atoms with E-state index in [0.717, 1.165) is 13.0 Å². The van der Waals surface area contributed by atoms with Gasteiger partial charge in [-0.3, -0.25) is 14.5 Å². The molecule has 1 aromatic carbocycles. The maximum atomic E-state index is 11.3. The zero-order valence-electron chi connectivity index (χ0n) is 9.54. The third kappa shape index (κ3) is 2.99. The van der Waals surface area contributed by atoms with Gasteiger partial charge in [0.1, 0.15) is 6.04 Å². The van der Waals surface area contributed by atoms with Gasteiger partial charge in [-0.05, 0) is 12.0 Å². The Morgan fingerprint density at radius 2 is 2.18 bits per heavy atom. The van der Waals surface area contributed by atoms with Crippen LogP contribution in [0.2, 0.25) is 0 Å². The second-order valence-corrected chi connectivity index (χ2v) is 4.08. The molecular weight excluding hydrogens is 218 g/mol. The van der Waals surface area contributed by atoms with Gasteiger partial charge in [-0.15, -0.1) is 0 Å². The Morgan fingerprint density at radius 1 is 1.41 bits per heavy atom. The van der Waals surface area contributed by atoms with Gasteiger partial charge in [0.05, 0.1) is 13.3 Å². The van der Waals surface area contributed by atoms with Crippen LogP contribution in [-0.2, 0) is 20.7 Å². The third-order valence-electron chi connectivity index (χ3n) is 2.95. The van der Waals surface area contributed by atoms with E-state index < -0.39 is 11.8 Å². The topological polar surface area (TPSA) is 46.6 Å². The van der Waals surface area contributed by atoms with Gasteiger partial charge < -0.3 is 4.74 Å². The first-order valence-electron chi connectivity index (χ1n) is 5.66. The lowest BCUT2D eigenvalue weighted by Crippen LogP contribution is -2.39. The molecule has 4 heteroatoms. The van der Waals surface area contributed by atoms with Crippen LogP contribution in [0.25, 0.3) is 0 Å². The monoisotopic (exact) mass is 233 g/mol. The van der Waals surface area contributed by atoms with E-state index in [0.29, 0.717) is 19.6 Å². The summed E-state index contributed by atoms with van der Waals surface area (Å²) in [4.78, 5) is 23.7. The first-order chi connectivity index (χ1) is 8.31. The molecule has 0 bridgehead atoms. The van der Waals surface area contributed by atoms with Crippen molar-refractivity contribution in [2.75, 3.05) is 19.9 Å². The maximum Gasteiger partial charge on any atom is 0.214 e. The van der Waals surface area contributed by atoms with Crippen LogP contribution in [0, 0.1) is 0 Å². The lowest BCUT2D eigenvalue weighted by molar-refractivity contribution is -0.132. The Balaban J connectivity index is 1.90. The van der Waals surface area contributed by atoms with Crippen LogP contribution in [0.5, 0.6) is 0 Å². The van der Waals surface area contributed by atoms with Crippen molar-refractivity contribution >= 4 is 12.1 Å². The number of carbonyl (C=O) groups is 2. The molecule has 2 rings (SSSR count). The summed E-state index contributed by atoms with van der Waals surface area (Å²) in [6.45, 7) is 1.48. The van der Waals surface area contributed by atoms with E-state index in [1.54, 1.807) is 0 Å². The Labute approximate surface area is 100 Å². The molecule has 1 fully saturated rings. The van der Waals surface area contributed by atoms with Crippen molar-refractivity contribution in [3.05, 3.63) is 35.9 Å². The van der Waals surface area contributed by atoms with Crippen molar-refractivity contribution in [3.63, 3.8) is 0 Å². The Morgan fingerprint density at radius 3 is 2.88 bits per heavy atom. The molecular formula is C13H15NO3. The van der Waals surface area contributed by atoms with E-state index in [1.807, 2.05) is 35.2 Å². The molecule has 1 aromatic rings. The van der Waals surface area contributed by atoms with Gasteiger partial charge >= 0.3 is 0 Å². The van der Waals surface area contributed by atoms with E-state index in [4.69, 9.17) is 4.74 Å². The van der Waals surface area contributed by atoms with Crippen molar-refractivity contribution < 1.29 is 14.3 Å². The predicted molar refractivity (Wildman–Crippen MR) is 62.5 cm³/mol. The van der Waals surface area contributed by atoms with Gasteiger partial charge in [-0.1, -0.05) is 30.3 Å². The average molecular weight is 233 g/mol. The smallest absolute Gasteiger partial charge is 0.214 e. The second-order valence-electron chi connectivity index (χ2n) is 4.08. The molecule has 0 amide bonds. The van der Waals surface area contributed by atoms with E-state index in [2.05, 4.69) is 0 Å². The predicted octanol–water partition coefficient (Wildman–Crippen LogP) is 0.655. The van der Waals surface area contributed by atoms with Crippen molar-refractivity contribution in [1.29, 1.82) is 0 Å². The summed E-state index contributed by atoms with van der Waals surface area (Å²) in [6, 6.07) is 9.66. The largest absolute Gasteiger partial charge is 0.364 e. The van der Waals surface area contributed by atoms with Crippen molar-refractivity contribution in [3.8, 4) is 0 Å². The SMILES string of the molecule is O=CC(=O)C1COCN1CCc1ccccc1. The Kier molecular flexibility index (Phi) is 4.01. The molecule has 0 radical (unpaired) electrons. The molecule has 1 aliphatic heterocycles. The highest BCUT2D eigenvalue weighted by Crippen LogP contribution is 2.11. The lowest BCUT2D eigenvalue weighted by atomic mass is 10.1. The average Bonchev–Trinajstić information content (AvgIpc) is 2.85. The van der Waals surface area contributed by atoms with Crippen LogP contribution in [0.4, 0.5) is 0 Å². The number of hydrogen-bond acceptors (Lipinski definition) is 4. The van der Waals surface area contributed by atoms with Gasteiger partial charge in [-0.25, -0.2) is 0 Å². The van der Waals surface area contributed by atoms with Gasteiger partial charge in [0.15, 0.2) is 6.29 Å². The van der Waals surface area contributed by atoms with E-state index in [-0.39, 0.29) is 0 Å². The first kappa shape index (κ1) is 12.0. The number of ether oxygens (including phenoxy) is 1.